The first-order chi connectivity index (χ1) is 8.34. The van der Waals surface area contributed by atoms with Crippen molar-refractivity contribution < 1.29 is 0 Å². The number of aromatic amines is 2. The van der Waals surface area contributed by atoms with Crippen LogP contribution in [0.15, 0.2) is 35.9 Å². The Morgan fingerprint density at radius 2 is 2.41 bits per heavy atom. The number of nitrogens with one attached hydrogen (secondary N) is 2. The molecule has 4 heteroatoms. The molecule has 88 valence electrons. The number of hydrogen-bond donors (Lipinski definition) is 2. The minimum Gasteiger partial charge on any atom is -0.337 e. The molecule has 2 aromatic heterocycles. The highest BCUT2D eigenvalue weighted by Gasteiger charge is 2.26. The van der Waals surface area contributed by atoms with E-state index >= 15 is 0 Å². The van der Waals surface area contributed by atoms with Gasteiger partial charge in [0.15, 0.2) is 4.77 Å². The number of allylic oxidation sites excluding steroid dienone is 2. The Morgan fingerprint density at radius 1 is 1.47 bits per heavy atom. The summed E-state index contributed by atoms with van der Waals surface area (Å²) >= 11 is 6.95. The molecule has 2 N–H and O–H groups in total. The van der Waals surface area contributed by atoms with E-state index in [1.165, 1.54) is 23.4 Å². The summed E-state index contributed by atoms with van der Waals surface area (Å²) in [5, 5.41) is 2.14. The van der Waals surface area contributed by atoms with Gasteiger partial charge in [-0.2, -0.15) is 0 Å². The molecule has 2 heterocycles. The first-order valence-corrected chi connectivity index (χ1v) is 7.11. The largest absolute Gasteiger partial charge is 0.337 e. The van der Waals surface area contributed by atoms with Crippen LogP contribution in [0.1, 0.15) is 29.3 Å². The molecule has 2 nitrogen and oxygen atoms in total. The average Bonchev–Trinajstić information content (AvgIpc) is 3.02. The molecule has 3 rings (SSSR count). The summed E-state index contributed by atoms with van der Waals surface area (Å²) in [6.07, 6.45) is 9.06. The van der Waals surface area contributed by atoms with Crippen molar-refractivity contribution in [2.24, 2.45) is 5.92 Å². The van der Waals surface area contributed by atoms with Crippen LogP contribution in [-0.2, 0) is 0 Å². The van der Waals surface area contributed by atoms with Gasteiger partial charge in [0.05, 0.1) is 0 Å². The molecule has 2 aromatic rings. The zero-order valence-electron chi connectivity index (χ0n) is 9.35. The van der Waals surface area contributed by atoms with E-state index in [0.717, 1.165) is 0 Å². The lowest BCUT2D eigenvalue weighted by molar-refractivity contribution is 0.555. The fourth-order valence-corrected chi connectivity index (χ4v) is 3.61. The molecular formula is C13H14N2S2. The van der Waals surface area contributed by atoms with Gasteiger partial charge < -0.3 is 9.97 Å². The van der Waals surface area contributed by atoms with Gasteiger partial charge in [0.1, 0.15) is 0 Å². The van der Waals surface area contributed by atoms with E-state index in [4.69, 9.17) is 12.2 Å². The Balaban J connectivity index is 2.02. The average molecular weight is 262 g/mol. The maximum Gasteiger partial charge on any atom is 0.174 e. The third-order valence-electron chi connectivity index (χ3n) is 3.28. The smallest absolute Gasteiger partial charge is 0.174 e. The van der Waals surface area contributed by atoms with Crippen molar-refractivity contribution in [1.82, 2.24) is 9.97 Å². The van der Waals surface area contributed by atoms with Crippen LogP contribution < -0.4 is 0 Å². The normalized spacial score (nSPS) is 20.8. The molecule has 0 aliphatic heterocycles. The van der Waals surface area contributed by atoms with Crippen LogP contribution in [0.25, 0.3) is 0 Å². The van der Waals surface area contributed by atoms with Gasteiger partial charge in [-0.3, -0.25) is 0 Å². The van der Waals surface area contributed by atoms with Gasteiger partial charge in [0.2, 0.25) is 0 Å². The SMILES string of the molecule is S=c1[nH]cc(C(c2cccs2)C2C=CCC2)[nH]1. The summed E-state index contributed by atoms with van der Waals surface area (Å²) in [5.74, 6) is 1.01. The molecule has 2 atom stereocenters. The van der Waals surface area contributed by atoms with Gasteiger partial charge >= 0.3 is 0 Å². The number of aromatic nitrogens is 2. The van der Waals surface area contributed by atoms with E-state index in [1.807, 2.05) is 17.5 Å². The minimum absolute atomic E-state index is 0.418. The summed E-state index contributed by atoms with van der Waals surface area (Å²) in [6.45, 7) is 0. The molecule has 0 fully saturated rings. The van der Waals surface area contributed by atoms with E-state index in [9.17, 15) is 0 Å². The van der Waals surface area contributed by atoms with Crippen molar-refractivity contribution in [1.29, 1.82) is 0 Å². The van der Waals surface area contributed by atoms with Crippen molar-refractivity contribution in [2.45, 2.75) is 18.8 Å². The fraction of sp³-hybridized carbons (Fsp3) is 0.308. The second kappa shape index (κ2) is 4.63. The molecule has 0 saturated carbocycles. The number of imidazole rings is 1. The summed E-state index contributed by atoms with van der Waals surface area (Å²) < 4.78 is 0.712. The summed E-state index contributed by atoms with van der Waals surface area (Å²) in [7, 11) is 0. The van der Waals surface area contributed by atoms with Gasteiger partial charge in [-0.15, -0.1) is 11.3 Å². The Kier molecular flexibility index (Phi) is 2.99. The van der Waals surface area contributed by atoms with Crippen LogP contribution >= 0.6 is 23.6 Å². The lowest BCUT2D eigenvalue weighted by Gasteiger charge is -2.19. The van der Waals surface area contributed by atoms with Gasteiger partial charge in [-0.05, 0) is 42.4 Å². The van der Waals surface area contributed by atoms with E-state index < -0.39 is 0 Å². The quantitative estimate of drug-likeness (QED) is 0.629. The highest BCUT2D eigenvalue weighted by atomic mass is 32.1. The van der Waals surface area contributed by atoms with E-state index in [-0.39, 0.29) is 0 Å². The van der Waals surface area contributed by atoms with Crippen molar-refractivity contribution in [2.75, 3.05) is 0 Å². The predicted molar refractivity (Wildman–Crippen MR) is 74.0 cm³/mol. The summed E-state index contributed by atoms with van der Waals surface area (Å²) in [4.78, 5) is 7.76. The molecule has 1 aliphatic carbocycles. The Labute approximate surface area is 109 Å². The monoisotopic (exact) mass is 262 g/mol. The molecule has 0 bridgehead atoms. The van der Waals surface area contributed by atoms with E-state index in [0.29, 0.717) is 16.6 Å². The van der Waals surface area contributed by atoms with Crippen LogP contribution in [-0.4, -0.2) is 9.97 Å². The highest BCUT2D eigenvalue weighted by Crippen LogP contribution is 2.39. The Morgan fingerprint density at radius 3 is 3.00 bits per heavy atom. The van der Waals surface area contributed by atoms with Crippen molar-refractivity contribution in [3.8, 4) is 0 Å². The summed E-state index contributed by atoms with van der Waals surface area (Å²) in [6, 6.07) is 4.33. The Hall–Kier alpha value is -1.13. The van der Waals surface area contributed by atoms with Crippen molar-refractivity contribution >= 4 is 23.6 Å². The predicted octanol–water partition coefficient (Wildman–Crippen LogP) is 4.23. The van der Waals surface area contributed by atoms with Crippen LogP contribution in [0.2, 0.25) is 0 Å². The highest BCUT2D eigenvalue weighted by molar-refractivity contribution is 7.71. The number of hydrogen-bond acceptors (Lipinski definition) is 2. The van der Waals surface area contributed by atoms with Crippen molar-refractivity contribution in [3.05, 3.63) is 51.2 Å². The van der Waals surface area contributed by atoms with E-state index in [2.05, 4.69) is 39.6 Å². The molecule has 0 radical (unpaired) electrons. The number of thiophene rings is 1. The third-order valence-corrected chi connectivity index (χ3v) is 4.45. The minimum atomic E-state index is 0.418. The number of rotatable bonds is 3. The maximum absolute atomic E-state index is 5.13. The van der Waals surface area contributed by atoms with Gasteiger partial charge in [-0.1, -0.05) is 18.2 Å². The first-order valence-electron chi connectivity index (χ1n) is 5.82. The maximum atomic E-state index is 5.13. The van der Waals surface area contributed by atoms with Crippen LogP contribution in [0, 0.1) is 10.7 Å². The standard InChI is InChI=1S/C13H14N2S2/c16-13-14-8-10(15-13)12(9-4-1-2-5-9)11-6-3-7-17-11/h1,3-4,6-9,12H,2,5H2,(H2,14,15,16). The number of H-pyrrole nitrogens is 2. The van der Waals surface area contributed by atoms with Gasteiger partial charge in [0, 0.05) is 22.7 Å². The molecule has 1 aliphatic rings. The van der Waals surface area contributed by atoms with Crippen molar-refractivity contribution in [3.63, 3.8) is 0 Å². The second-order valence-corrected chi connectivity index (χ2v) is 5.75. The molecule has 0 spiro atoms. The topological polar surface area (TPSA) is 31.6 Å². The molecule has 17 heavy (non-hydrogen) atoms. The van der Waals surface area contributed by atoms with Crippen LogP contribution in [0.5, 0.6) is 0 Å². The fourth-order valence-electron chi connectivity index (χ4n) is 2.51. The third kappa shape index (κ3) is 2.15. The van der Waals surface area contributed by atoms with Gasteiger partial charge in [0.25, 0.3) is 0 Å². The molecule has 0 amide bonds. The second-order valence-electron chi connectivity index (χ2n) is 4.36. The zero-order valence-corrected chi connectivity index (χ0v) is 11.0. The molecule has 0 saturated heterocycles. The summed E-state index contributed by atoms with van der Waals surface area (Å²) in [5.41, 5.74) is 1.20. The Bertz CT molecular complexity index is 562. The van der Waals surface area contributed by atoms with Crippen LogP contribution in [0.3, 0.4) is 0 Å². The van der Waals surface area contributed by atoms with Crippen LogP contribution in [0.4, 0.5) is 0 Å². The zero-order chi connectivity index (χ0) is 11.7. The first kappa shape index (κ1) is 11.0. The van der Waals surface area contributed by atoms with E-state index in [1.54, 1.807) is 0 Å². The molecule has 0 aromatic carbocycles. The molecular weight excluding hydrogens is 248 g/mol. The van der Waals surface area contributed by atoms with Gasteiger partial charge in [-0.25, -0.2) is 0 Å². The lowest BCUT2D eigenvalue weighted by Crippen LogP contribution is -2.09. The molecule has 2 unspecified atom stereocenters. The lowest BCUT2D eigenvalue weighted by atomic mass is 9.88.